The van der Waals surface area contributed by atoms with E-state index in [1.54, 1.807) is 6.08 Å². The number of nitrogens with one attached hydrogen (secondary N) is 1. The molecule has 0 saturated carbocycles. The molecule has 0 bridgehead atoms. The average Bonchev–Trinajstić information content (AvgIpc) is 3.42. The van der Waals surface area contributed by atoms with Crippen molar-refractivity contribution in [2.75, 3.05) is 40.9 Å². The van der Waals surface area contributed by atoms with Gasteiger partial charge in [-0.1, -0.05) is 289 Å². The van der Waals surface area contributed by atoms with Gasteiger partial charge in [-0.25, -0.2) is 4.57 Å². The smallest absolute Gasteiger partial charge is 0.387 e. The van der Waals surface area contributed by atoms with Crippen LogP contribution in [-0.2, 0) is 18.4 Å². The third-order valence-corrected chi connectivity index (χ3v) is 15.1. The second kappa shape index (κ2) is 60.5. The van der Waals surface area contributed by atoms with Crippen molar-refractivity contribution in [2.24, 2.45) is 0 Å². The highest BCUT2D eigenvalue weighted by Gasteiger charge is 2.27. The number of phosphoric ester groups is 1. The van der Waals surface area contributed by atoms with Crippen molar-refractivity contribution < 1.29 is 32.9 Å². The molecule has 3 unspecified atom stereocenters. The molecule has 3 N–H and O–H groups in total. The second-order valence-corrected chi connectivity index (χ2v) is 24.6. The number of allylic oxidation sites excluding steroid dienone is 19. The average molecular weight is 1130 g/mol. The van der Waals surface area contributed by atoms with Gasteiger partial charge in [0.1, 0.15) is 13.2 Å². The maximum atomic E-state index is 13.0. The summed E-state index contributed by atoms with van der Waals surface area (Å²) in [6.45, 7) is 4.66. The summed E-state index contributed by atoms with van der Waals surface area (Å²) in [4.78, 5) is 23.4. The summed E-state index contributed by atoms with van der Waals surface area (Å²) in [6.07, 6.45) is 90.6. The van der Waals surface area contributed by atoms with Crippen molar-refractivity contribution in [1.29, 1.82) is 0 Å². The number of aliphatic hydroxyl groups is 1. The molecule has 0 heterocycles. The molecule has 9 heteroatoms. The minimum Gasteiger partial charge on any atom is -0.387 e. The number of quaternary nitrogens is 1. The van der Waals surface area contributed by atoms with Gasteiger partial charge in [0.2, 0.25) is 5.91 Å². The van der Waals surface area contributed by atoms with Gasteiger partial charge in [0.15, 0.2) is 0 Å². The molecule has 0 aliphatic heterocycles. The van der Waals surface area contributed by atoms with Gasteiger partial charge in [0.25, 0.3) is 0 Å². The maximum Gasteiger partial charge on any atom is 0.472 e. The first kappa shape index (κ1) is 76.9. The van der Waals surface area contributed by atoms with Gasteiger partial charge in [0.05, 0.1) is 39.9 Å². The Bertz CT molecular complexity index is 1720. The summed E-state index contributed by atoms with van der Waals surface area (Å²) in [5, 5.41) is 13.9. The molecule has 1 amide bonds. The standard InChI is InChI=1S/C71H125N2O6P/c1-6-8-10-12-14-16-18-20-22-24-26-28-30-32-34-35-36-37-39-40-42-44-46-48-50-52-54-56-58-60-62-64-70(74)69(68-79-80(76,77)78-67-66-73(3,4)5)72-71(75)65-63-61-59-57-55-53-51-49-47-45-43-41-38-33-31-29-27-25-23-21-19-17-15-13-11-9-7-2/h9,11,15,17,21,23,27,29,33,38,43,45,49,51,54-57,62,64,69-70,74H,6-8,10,12-14,16,18-20,22,24-26,28,30-32,34-37,39-42,44,46-48,50,52-53,58-61,63,65-68H2,1-5H3,(H-,72,75,76,77)/p+1/b11-9-,17-15-,23-21-,29-27-,38-33-,45-43-,51-49-,56-54+,57-55-,64-62+. The SMILES string of the molecule is CC/C=C\C/C=C\C/C=C\C/C=C\C/C=C\C/C=C\C/C=C\C/C=C\CCCCC(=O)NC(COP(=O)(O)OCC[N+](C)(C)C)C(O)/C=C/CC/C=C/CCCCCCCCCCCCCCCCCCCCCCCCCCC. The summed E-state index contributed by atoms with van der Waals surface area (Å²) in [6, 6.07) is -0.898. The van der Waals surface area contributed by atoms with E-state index < -0.39 is 20.0 Å². The van der Waals surface area contributed by atoms with E-state index in [9.17, 15) is 19.4 Å². The van der Waals surface area contributed by atoms with Crippen LogP contribution in [0.15, 0.2) is 122 Å². The molecule has 8 nitrogen and oxygen atoms in total. The number of carbonyl (C=O) groups excluding carboxylic acids is 1. The quantitative estimate of drug-likeness (QED) is 0.0243. The zero-order valence-corrected chi connectivity index (χ0v) is 53.4. The number of unbranched alkanes of at least 4 members (excludes halogenated alkanes) is 28. The highest BCUT2D eigenvalue weighted by Crippen LogP contribution is 2.43. The lowest BCUT2D eigenvalue weighted by molar-refractivity contribution is -0.870. The van der Waals surface area contributed by atoms with Crippen LogP contribution in [0, 0.1) is 0 Å². The van der Waals surface area contributed by atoms with E-state index in [2.05, 4.69) is 129 Å². The Morgan fingerprint density at radius 3 is 1.15 bits per heavy atom. The van der Waals surface area contributed by atoms with E-state index >= 15 is 0 Å². The highest BCUT2D eigenvalue weighted by molar-refractivity contribution is 7.47. The van der Waals surface area contributed by atoms with Crippen molar-refractivity contribution >= 4 is 13.7 Å². The molecule has 0 aromatic heterocycles. The Balaban J connectivity index is 4.27. The van der Waals surface area contributed by atoms with E-state index in [-0.39, 0.29) is 25.5 Å². The molecule has 0 aromatic rings. The van der Waals surface area contributed by atoms with Crippen LogP contribution in [0.5, 0.6) is 0 Å². The first-order chi connectivity index (χ1) is 39.0. The third-order valence-electron chi connectivity index (χ3n) is 14.2. The van der Waals surface area contributed by atoms with Crippen LogP contribution in [-0.4, -0.2) is 73.4 Å². The molecular weight excluding hydrogens is 1010 g/mol. The predicted molar refractivity (Wildman–Crippen MR) is 350 cm³/mol. The fourth-order valence-electron chi connectivity index (χ4n) is 9.07. The Labute approximate surface area is 494 Å². The number of amides is 1. The van der Waals surface area contributed by atoms with Crippen molar-refractivity contribution in [3.8, 4) is 0 Å². The van der Waals surface area contributed by atoms with Crippen molar-refractivity contribution in [2.45, 2.75) is 283 Å². The maximum absolute atomic E-state index is 13.0. The number of hydrogen-bond acceptors (Lipinski definition) is 5. The first-order valence-electron chi connectivity index (χ1n) is 32.9. The summed E-state index contributed by atoms with van der Waals surface area (Å²) in [5.74, 6) is -0.232. The molecule has 0 aliphatic rings. The lowest BCUT2D eigenvalue weighted by atomic mass is 10.0. The molecule has 0 aromatic carbocycles. The molecule has 0 rings (SSSR count). The molecule has 0 spiro atoms. The van der Waals surface area contributed by atoms with Gasteiger partial charge in [-0.05, 0) is 96.3 Å². The third kappa shape index (κ3) is 62.5. The van der Waals surface area contributed by atoms with E-state index in [1.165, 1.54) is 161 Å². The summed E-state index contributed by atoms with van der Waals surface area (Å²) in [7, 11) is 1.51. The van der Waals surface area contributed by atoms with Crippen molar-refractivity contribution in [3.63, 3.8) is 0 Å². The van der Waals surface area contributed by atoms with E-state index in [0.29, 0.717) is 17.4 Å². The molecule has 80 heavy (non-hydrogen) atoms. The Morgan fingerprint density at radius 1 is 0.438 bits per heavy atom. The summed E-state index contributed by atoms with van der Waals surface area (Å²) < 4.78 is 23.7. The van der Waals surface area contributed by atoms with Crippen LogP contribution in [0.1, 0.15) is 271 Å². The Kier molecular flexibility index (Phi) is 58.1. The Hall–Kier alpha value is -3.10. The van der Waals surface area contributed by atoms with E-state index in [1.807, 2.05) is 27.2 Å². The first-order valence-corrected chi connectivity index (χ1v) is 34.4. The number of phosphoric acid groups is 1. The van der Waals surface area contributed by atoms with Crippen LogP contribution >= 0.6 is 7.82 Å². The van der Waals surface area contributed by atoms with Crippen LogP contribution in [0.4, 0.5) is 0 Å². The number of carbonyl (C=O) groups is 1. The van der Waals surface area contributed by atoms with Gasteiger partial charge in [-0.2, -0.15) is 0 Å². The van der Waals surface area contributed by atoms with Crippen LogP contribution in [0.2, 0.25) is 0 Å². The fourth-order valence-corrected chi connectivity index (χ4v) is 9.81. The largest absolute Gasteiger partial charge is 0.472 e. The number of nitrogens with zero attached hydrogens (tertiary/aromatic N) is 1. The van der Waals surface area contributed by atoms with Crippen LogP contribution in [0.3, 0.4) is 0 Å². The van der Waals surface area contributed by atoms with Gasteiger partial charge in [-0.15, -0.1) is 0 Å². The lowest BCUT2D eigenvalue weighted by Crippen LogP contribution is -2.45. The molecule has 0 radical (unpaired) electrons. The molecule has 460 valence electrons. The van der Waals surface area contributed by atoms with Crippen molar-refractivity contribution in [1.82, 2.24) is 5.32 Å². The van der Waals surface area contributed by atoms with Crippen LogP contribution < -0.4 is 5.32 Å². The minimum atomic E-state index is -4.38. The van der Waals surface area contributed by atoms with Crippen LogP contribution in [0.25, 0.3) is 0 Å². The topological polar surface area (TPSA) is 105 Å². The number of aliphatic hydroxyl groups excluding tert-OH is 1. The van der Waals surface area contributed by atoms with Gasteiger partial charge >= 0.3 is 7.82 Å². The Morgan fingerprint density at radius 2 is 0.762 bits per heavy atom. The fraction of sp³-hybridized carbons (Fsp3) is 0.704. The van der Waals surface area contributed by atoms with E-state index in [4.69, 9.17) is 9.05 Å². The lowest BCUT2D eigenvalue weighted by Gasteiger charge is -2.25. The summed E-state index contributed by atoms with van der Waals surface area (Å²) in [5.41, 5.74) is 0. The molecule has 0 aliphatic carbocycles. The highest BCUT2D eigenvalue weighted by atomic mass is 31.2. The number of likely N-dealkylation sites (N-methyl/N-ethyl adjacent to an activating group) is 1. The predicted octanol–water partition coefficient (Wildman–Crippen LogP) is 20.9. The zero-order chi connectivity index (χ0) is 58.4. The molecule has 3 atom stereocenters. The van der Waals surface area contributed by atoms with Crippen molar-refractivity contribution in [3.05, 3.63) is 122 Å². The summed E-state index contributed by atoms with van der Waals surface area (Å²) >= 11 is 0. The second-order valence-electron chi connectivity index (χ2n) is 23.1. The van der Waals surface area contributed by atoms with Gasteiger partial charge in [-0.3, -0.25) is 13.8 Å². The van der Waals surface area contributed by atoms with Gasteiger partial charge in [0, 0.05) is 6.42 Å². The molecular formula is C71H126N2O6P+. The number of rotatable bonds is 59. The van der Waals surface area contributed by atoms with Gasteiger partial charge < -0.3 is 19.8 Å². The molecule has 0 saturated heterocycles. The monoisotopic (exact) mass is 1130 g/mol. The zero-order valence-electron chi connectivity index (χ0n) is 52.5. The molecule has 0 fully saturated rings. The minimum absolute atomic E-state index is 0.0407. The normalized spacial score (nSPS) is 14.5. The number of hydrogen-bond donors (Lipinski definition) is 3. The van der Waals surface area contributed by atoms with E-state index in [0.717, 1.165) is 83.5 Å².